The predicted molar refractivity (Wildman–Crippen MR) is 42.8 cm³/mol. The minimum atomic E-state index is -0.724. The van der Waals surface area contributed by atoms with Crippen molar-refractivity contribution in [2.45, 2.75) is 44.6 Å². The van der Waals surface area contributed by atoms with Crippen molar-refractivity contribution in [1.29, 1.82) is 5.26 Å². The van der Waals surface area contributed by atoms with E-state index in [0.29, 0.717) is 12.3 Å². The molecule has 1 aliphatic rings. The third kappa shape index (κ3) is 2.90. The Morgan fingerprint density at radius 2 is 2.00 bits per heavy atom. The van der Waals surface area contributed by atoms with Gasteiger partial charge in [-0.25, -0.2) is 0 Å². The number of hydrogen-bond acceptors (Lipinski definition) is 2. The van der Waals surface area contributed by atoms with Crippen molar-refractivity contribution in [3.63, 3.8) is 0 Å². The molecule has 0 radical (unpaired) electrons. The molecule has 11 heavy (non-hydrogen) atoms. The van der Waals surface area contributed by atoms with Crippen LogP contribution in [0.1, 0.15) is 38.5 Å². The van der Waals surface area contributed by atoms with Crippen molar-refractivity contribution >= 4 is 0 Å². The third-order valence-electron chi connectivity index (χ3n) is 2.43. The van der Waals surface area contributed by atoms with Crippen LogP contribution in [0.2, 0.25) is 0 Å². The van der Waals surface area contributed by atoms with Gasteiger partial charge in [0, 0.05) is 0 Å². The van der Waals surface area contributed by atoms with Crippen molar-refractivity contribution < 1.29 is 5.11 Å². The number of aliphatic hydroxyl groups is 1. The second-order valence-electron chi connectivity index (χ2n) is 3.38. The maximum absolute atomic E-state index is 9.05. The number of nitrogens with zero attached hydrogens (tertiary/aromatic N) is 1. The summed E-state index contributed by atoms with van der Waals surface area (Å²) in [6.45, 7) is 0. The lowest BCUT2D eigenvalue weighted by Gasteiger charge is -2.21. The normalized spacial score (nSPS) is 22.5. The Labute approximate surface area is 67.8 Å². The molecule has 2 nitrogen and oxygen atoms in total. The topological polar surface area (TPSA) is 44.0 Å². The zero-order valence-electron chi connectivity index (χ0n) is 6.79. The molecule has 0 aromatic heterocycles. The number of nitriles is 1. The predicted octanol–water partition coefficient (Wildman–Crippen LogP) is 1.84. The van der Waals surface area contributed by atoms with Gasteiger partial charge in [0.25, 0.3) is 0 Å². The van der Waals surface area contributed by atoms with Gasteiger partial charge in [0.1, 0.15) is 6.10 Å². The van der Waals surface area contributed by atoms with Gasteiger partial charge in [0.05, 0.1) is 6.07 Å². The van der Waals surface area contributed by atoms with E-state index in [0.717, 1.165) is 0 Å². The Morgan fingerprint density at radius 3 is 2.55 bits per heavy atom. The first-order chi connectivity index (χ1) is 5.33. The second-order valence-corrected chi connectivity index (χ2v) is 3.38. The van der Waals surface area contributed by atoms with E-state index in [4.69, 9.17) is 10.4 Å². The second kappa shape index (κ2) is 4.35. The molecule has 0 amide bonds. The zero-order chi connectivity index (χ0) is 8.10. The Morgan fingerprint density at radius 1 is 1.36 bits per heavy atom. The lowest BCUT2D eigenvalue weighted by molar-refractivity contribution is 0.176. The van der Waals surface area contributed by atoms with Crippen molar-refractivity contribution in [2.24, 2.45) is 5.92 Å². The van der Waals surface area contributed by atoms with Gasteiger partial charge in [0.2, 0.25) is 0 Å². The van der Waals surface area contributed by atoms with Crippen LogP contribution in [0, 0.1) is 17.2 Å². The largest absolute Gasteiger partial charge is 0.378 e. The monoisotopic (exact) mass is 153 g/mol. The van der Waals surface area contributed by atoms with Crippen molar-refractivity contribution in [2.75, 3.05) is 0 Å². The van der Waals surface area contributed by atoms with Gasteiger partial charge in [-0.05, 0) is 12.3 Å². The van der Waals surface area contributed by atoms with E-state index in [2.05, 4.69) is 0 Å². The van der Waals surface area contributed by atoms with Crippen molar-refractivity contribution in [1.82, 2.24) is 0 Å². The molecule has 1 aliphatic carbocycles. The molecule has 0 aliphatic heterocycles. The van der Waals surface area contributed by atoms with E-state index < -0.39 is 6.10 Å². The summed E-state index contributed by atoms with van der Waals surface area (Å²) in [6, 6.07) is 1.87. The molecule has 0 aromatic carbocycles. The van der Waals surface area contributed by atoms with Crippen molar-refractivity contribution in [3.05, 3.63) is 0 Å². The highest BCUT2D eigenvalue weighted by Gasteiger charge is 2.16. The van der Waals surface area contributed by atoms with E-state index in [1.54, 1.807) is 0 Å². The summed E-state index contributed by atoms with van der Waals surface area (Å²) in [5.74, 6) is 0.610. The van der Waals surface area contributed by atoms with Gasteiger partial charge >= 0.3 is 0 Å². The highest BCUT2D eigenvalue weighted by atomic mass is 16.3. The van der Waals surface area contributed by atoms with Gasteiger partial charge in [-0.15, -0.1) is 0 Å². The molecule has 1 saturated carbocycles. The molecule has 1 unspecified atom stereocenters. The Hall–Kier alpha value is -0.550. The molecule has 0 aromatic rings. The molecule has 1 rings (SSSR count). The van der Waals surface area contributed by atoms with E-state index in [9.17, 15) is 0 Å². The average Bonchev–Trinajstić information content (AvgIpc) is 2.06. The summed E-state index contributed by atoms with van der Waals surface area (Å²) < 4.78 is 0. The molecule has 0 bridgehead atoms. The van der Waals surface area contributed by atoms with Gasteiger partial charge in [-0.2, -0.15) is 5.26 Å². The first-order valence-corrected chi connectivity index (χ1v) is 4.40. The zero-order valence-corrected chi connectivity index (χ0v) is 6.79. The summed E-state index contributed by atoms with van der Waals surface area (Å²) in [7, 11) is 0. The minimum Gasteiger partial charge on any atom is -0.378 e. The fourth-order valence-electron chi connectivity index (χ4n) is 1.79. The third-order valence-corrected chi connectivity index (χ3v) is 2.43. The summed E-state index contributed by atoms with van der Waals surface area (Å²) in [4.78, 5) is 0. The standard InChI is InChI=1S/C9H15NO/c10-7-9(11)6-8-4-2-1-3-5-8/h8-9,11H,1-6H2. The minimum absolute atomic E-state index is 0.610. The summed E-state index contributed by atoms with van der Waals surface area (Å²) in [5.41, 5.74) is 0. The van der Waals surface area contributed by atoms with Crippen LogP contribution in [-0.4, -0.2) is 11.2 Å². The summed E-state index contributed by atoms with van der Waals surface area (Å²) in [6.07, 6.45) is 6.27. The fraction of sp³-hybridized carbons (Fsp3) is 0.889. The van der Waals surface area contributed by atoms with Crippen LogP contribution >= 0.6 is 0 Å². The van der Waals surface area contributed by atoms with Gasteiger partial charge in [-0.3, -0.25) is 0 Å². The SMILES string of the molecule is N#CC(O)CC1CCCCC1. The van der Waals surface area contributed by atoms with E-state index in [-0.39, 0.29) is 0 Å². The molecule has 1 N–H and O–H groups in total. The van der Waals surface area contributed by atoms with E-state index in [1.807, 2.05) is 6.07 Å². The Balaban J connectivity index is 2.20. The van der Waals surface area contributed by atoms with E-state index >= 15 is 0 Å². The van der Waals surface area contributed by atoms with Gasteiger partial charge in [-0.1, -0.05) is 32.1 Å². The molecule has 1 fully saturated rings. The van der Waals surface area contributed by atoms with Crippen LogP contribution in [0.3, 0.4) is 0 Å². The summed E-state index contributed by atoms with van der Waals surface area (Å²) in [5, 5.41) is 17.4. The molecule has 0 spiro atoms. The van der Waals surface area contributed by atoms with Crippen LogP contribution in [0.25, 0.3) is 0 Å². The van der Waals surface area contributed by atoms with Crippen LogP contribution in [0.4, 0.5) is 0 Å². The first kappa shape index (κ1) is 8.55. The van der Waals surface area contributed by atoms with Gasteiger partial charge in [0.15, 0.2) is 0 Å². The maximum atomic E-state index is 9.05. The first-order valence-electron chi connectivity index (χ1n) is 4.40. The number of rotatable bonds is 2. The molecular formula is C9H15NO. The fourth-order valence-corrected chi connectivity index (χ4v) is 1.79. The molecule has 62 valence electrons. The van der Waals surface area contributed by atoms with Crippen LogP contribution < -0.4 is 0 Å². The average molecular weight is 153 g/mol. The van der Waals surface area contributed by atoms with E-state index in [1.165, 1.54) is 32.1 Å². The molecule has 0 saturated heterocycles. The van der Waals surface area contributed by atoms with Crippen LogP contribution in [0.5, 0.6) is 0 Å². The lowest BCUT2D eigenvalue weighted by atomic mass is 9.86. The molecular weight excluding hydrogens is 138 g/mol. The number of hydrogen-bond donors (Lipinski definition) is 1. The molecule has 0 heterocycles. The lowest BCUT2D eigenvalue weighted by Crippen LogP contribution is -2.14. The van der Waals surface area contributed by atoms with Crippen LogP contribution in [0.15, 0.2) is 0 Å². The highest BCUT2D eigenvalue weighted by Crippen LogP contribution is 2.26. The molecule has 2 heteroatoms. The van der Waals surface area contributed by atoms with Gasteiger partial charge < -0.3 is 5.11 Å². The number of aliphatic hydroxyl groups excluding tert-OH is 1. The molecule has 1 atom stereocenters. The smallest absolute Gasteiger partial charge is 0.140 e. The van der Waals surface area contributed by atoms with Crippen molar-refractivity contribution in [3.8, 4) is 6.07 Å². The Bertz CT molecular complexity index is 144. The van der Waals surface area contributed by atoms with Crippen LogP contribution in [-0.2, 0) is 0 Å². The Kier molecular flexibility index (Phi) is 3.38. The quantitative estimate of drug-likeness (QED) is 0.615. The maximum Gasteiger partial charge on any atom is 0.140 e. The summed E-state index contributed by atoms with van der Waals surface area (Å²) >= 11 is 0. The highest BCUT2D eigenvalue weighted by molar-refractivity contribution is 4.84.